The highest BCUT2D eigenvalue weighted by Gasteiger charge is 2.15. The smallest absolute Gasteiger partial charge is 0.227 e. The largest absolute Gasteiger partial charge is 0.494 e. The van der Waals surface area contributed by atoms with Crippen LogP contribution in [-0.2, 0) is 4.79 Å². The van der Waals surface area contributed by atoms with Gasteiger partial charge in [-0.3, -0.25) is 4.79 Å². The lowest BCUT2D eigenvalue weighted by Crippen LogP contribution is -2.31. The molecule has 0 unspecified atom stereocenters. The Kier molecular flexibility index (Phi) is 8.66. The highest BCUT2D eigenvalue weighted by Crippen LogP contribution is 2.21. The quantitative estimate of drug-likeness (QED) is 0.500. The number of halogens is 1. The van der Waals surface area contributed by atoms with Crippen molar-refractivity contribution in [3.8, 4) is 17.6 Å². The molecule has 1 amide bonds. The van der Waals surface area contributed by atoms with Crippen molar-refractivity contribution >= 4 is 27.5 Å². The van der Waals surface area contributed by atoms with Crippen molar-refractivity contribution in [2.24, 2.45) is 0 Å². The Morgan fingerprint density at radius 2 is 1.93 bits per heavy atom. The van der Waals surface area contributed by atoms with E-state index in [-0.39, 0.29) is 12.3 Å². The van der Waals surface area contributed by atoms with Gasteiger partial charge in [0.05, 0.1) is 25.7 Å². The van der Waals surface area contributed by atoms with Crippen molar-refractivity contribution in [1.29, 1.82) is 5.26 Å². The lowest BCUT2D eigenvalue weighted by atomic mass is 10.2. The van der Waals surface area contributed by atoms with Crippen LogP contribution in [0.2, 0.25) is 0 Å². The first-order chi connectivity index (χ1) is 13.1. The van der Waals surface area contributed by atoms with Gasteiger partial charge in [0.2, 0.25) is 5.91 Å². The van der Waals surface area contributed by atoms with Crippen LogP contribution in [0.1, 0.15) is 26.2 Å². The molecule has 2 rings (SSSR count). The fourth-order valence-electron chi connectivity index (χ4n) is 2.55. The molecule has 2 aromatic carbocycles. The van der Waals surface area contributed by atoms with E-state index in [4.69, 9.17) is 14.7 Å². The molecule has 0 saturated carbocycles. The molecule has 0 aromatic heterocycles. The topological polar surface area (TPSA) is 62.6 Å². The van der Waals surface area contributed by atoms with Crippen LogP contribution in [0.5, 0.6) is 11.5 Å². The molecule has 0 N–H and O–H groups in total. The van der Waals surface area contributed by atoms with Gasteiger partial charge in [-0.1, -0.05) is 22.0 Å². The second-order valence-corrected chi connectivity index (χ2v) is 6.71. The van der Waals surface area contributed by atoms with Crippen LogP contribution >= 0.6 is 15.9 Å². The normalized spacial score (nSPS) is 10.1. The number of benzene rings is 2. The Morgan fingerprint density at radius 1 is 1.15 bits per heavy atom. The SMILES string of the molecule is CCOc1ccc(N(CCC#N)C(=O)CCCOc2cccc(Br)c2)cc1. The molecule has 0 aliphatic heterocycles. The summed E-state index contributed by atoms with van der Waals surface area (Å²) in [6.07, 6.45) is 1.24. The first-order valence-electron chi connectivity index (χ1n) is 8.92. The van der Waals surface area contributed by atoms with Crippen molar-refractivity contribution in [2.45, 2.75) is 26.2 Å². The van der Waals surface area contributed by atoms with E-state index in [1.807, 2.05) is 55.5 Å². The summed E-state index contributed by atoms with van der Waals surface area (Å²) in [5, 5.41) is 8.89. The molecule has 0 bridgehead atoms. The first-order valence-corrected chi connectivity index (χ1v) is 9.72. The molecule has 0 spiro atoms. The Bertz CT molecular complexity index is 772. The fraction of sp³-hybridized carbons (Fsp3) is 0.333. The fourth-order valence-corrected chi connectivity index (χ4v) is 2.93. The van der Waals surface area contributed by atoms with E-state index in [0.717, 1.165) is 21.7 Å². The standard InChI is InChI=1S/C21H23BrN2O3/c1-2-26-19-11-9-18(10-12-19)24(14-5-13-23)21(25)8-4-15-27-20-7-3-6-17(22)16-20/h3,6-7,9-12,16H,2,4-5,8,14-15H2,1H3. The number of anilines is 1. The molecular weight excluding hydrogens is 408 g/mol. The minimum atomic E-state index is -0.0211. The monoisotopic (exact) mass is 430 g/mol. The van der Waals surface area contributed by atoms with Gasteiger partial charge in [0.15, 0.2) is 0 Å². The zero-order valence-electron chi connectivity index (χ0n) is 15.4. The van der Waals surface area contributed by atoms with Crippen LogP contribution < -0.4 is 14.4 Å². The van der Waals surface area contributed by atoms with Crippen molar-refractivity contribution in [3.63, 3.8) is 0 Å². The van der Waals surface area contributed by atoms with E-state index < -0.39 is 0 Å². The number of nitriles is 1. The van der Waals surface area contributed by atoms with Gasteiger partial charge >= 0.3 is 0 Å². The van der Waals surface area contributed by atoms with Crippen LogP contribution in [0.3, 0.4) is 0 Å². The number of amides is 1. The van der Waals surface area contributed by atoms with Gasteiger partial charge in [-0.25, -0.2) is 0 Å². The maximum atomic E-state index is 12.6. The summed E-state index contributed by atoms with van der Waals surface area (Å²) < 4.78 is 12.1. The summed E-state index contributed by atoms with van der Waals surface area (Å²) in [7, 11) is 0. The molecular formula is C21H23BrN2O3. The molecule has 0 heterocycles. The number of nitrogens with zero attached hydrogens (tertiary/aromatic N) is 2. The van der Waals surface area contributed by atoms with E-state index >= 15 is 0 Å². The Labute approximate surface area is 168 Å². The molecule has 0 aliphatic rings. The van der Waals surface area contributed by atoms with E-state index in [1.165, 1.54) is 0 Å². The van der Waals surface area contributed by atoms with Crippen molar-refractivity contribution in [2.75, 3.05) is 24.7 Å². The molecule has 142 valence electrons. The van der Waals surface area contributed by atoms with Gasteiger partial charge in [-0.2, -0.15) is 5.26 Å². The summed E-state index contributed by atoms with van der Waals surface area (Å²) in [5.41, 5.74) is 0.770. The van der Waals surface area contributed by atoms with Crippen molar-refractivity contribution in [1.82, 2.24) is 0 Å². The molecule has 2 aromatic rings. The minimum absolute atomic E-state index is 0.0211. The zero-order chi connectivity index (χ0) is 19.5. The van der Waals surface area contributed by atoms with Gasteiger partial charge < -0.3 is 14.4 Å². The Hall–Kier alpha value is -2.52. The highest BCUT2D eigenvalue weighted by atomic mass is 79.9. The molecule has 0 atom stereocenters. The maximum absolute atomic E-state index is 12.6. The summed E-state index contributed by atoms with van der Waals surface area (Å²) in [6, 6.07) is 17.1. The van der Waals surface area contributed by atoms with Crippen molar-refractivity contribution in [3.05, 3.63) is 53.0 Å². The van der Waals surface area contributed by atoms with Gasteiger partial charge in [0, 0.05) is 23.1 Å². The third kappa shape index (κ3) is 6.95. The Morgan fingerprint density at radius 3 is 2.59 bits per heavy atom. The lowest BCUT2D eigenvalue weighted by molar-refractivity contribution is -0.118. The minimum Gasteiger partial charge on any atom is -0.494 e. The number of rotatable bonds is 10. The molecule has 27 heavy (non-hydrogen) atoms. The molecule has 0 saturated heterocycles. The van der Waals surface area contributed by atoms with Crippen LogP contribution in [0.25, 0.3) is 0 Å². The van der Waals surface area contributed by atoms with E-state index in [2.05, 4.69) is 22.0 Å². The zero-order valence-corrected chi connectivity index (χ0v) is 16.9. The lowest BCUT2D eigenvalue weighted by Gasteiger charge is -2.22. The second-order valence-electron chi connectivity index (χ2n) is 5.79. The first kappa shape index (κ1) is 20.8. The van der Waals surface area contributed by atoms with E-state index in [9.17, 15) is 4.79 Å². The summed E-state index contributed by atoms with van der Waals surface area (Å²) in [6.45, 7) is 3.34. The molecule has 0 fully saturated rings. The van der Waals surface area contributed by atoms with Gasteiger partial charge in [-0.05, 0) is 55.8 Å². The van der Waals surface area contributed by atoms with E-state index in [0.29, 0.717) is 32.6 Å². The number of carbonyl (C=O) groups is 1. The highest BCUT2D eigenvalue weighted by molar-refractivity contribution is 9.10. The predicted octanol–water partition coefficient (Wildman–Crippen LogP) is 4.95. The van der Waals surface area contributed by atoms with Crippen molar-refractivity contribution < 1.29 is 14.3 Å². The molecule has 0 aliphatic carbocycles. The van der Waals surface area contributed by atoms with Crippen LogP contribution in [0.4, 0.5) is 5.69 Å². The third-order valence-electron chi connectivity index (χ3n) is 3.81. The average Bonchev–Trinajstić information content (AvgIpc) is 2.67. The average molecular weight is 431 g/mol. The predicted molar refractivity (Wildman–Crippen MR) is 109 cm³/mol. The second kappa shape index (κ2) is 11.2. The number of hydrogen-bond acceptors (Lipinski definition) is 4. The summed E-state index contributed by atoms with van der Waals surface area (Å²) >= 11 is 3.40. The van der Waals surface area contributed by atoms with E-state index in [1.54, 1.807) is 4.90 Å². The molecule has 5 nitrogen and oxygen atoms in total. The van der Waals surface area contributed by atoms with Gasteiger partial charge in [-0.15, -0.1) is 0 Å². The van der Waals surface area contributed by atoms with Crippen LogP contribution in [-0.4, -0.2) is 25.7 Å². The summed E-state index contributed by atoms with van der Waals surface area (Å²) in [5.74, 6) is 1.51. The van der Waals surface area contributed by atoms with Gasteiger partial charge in [0.25, 0.3) is 0 Å². The van der Waals surface area contributed by atoms with Gasteiger partial charge in [0.1, 0.15) is 11.5 Å². The third-order valence-corrected chi connectivity index (χ3v) is 4.30. The molecule has 6 heteroatoms. The molecule has 0 radical (unpaired) electrons. The summed E-state index contributed by atoms with van der Waals surface area (Å²) in [4.78, 5) is 14.3. The van der Waals surface area contributed by atoms with Crippen LogP contribution in [0.15, 0.2) is 53.0 Å². The van der Waals surface area contributed by atoms with Crippen LogP contribution in [0, 0.1) is 11.3 Å². The Balaban J connectivity index is 1.90. The number of carbonyl (C=O) groups excluding carboxylic acids is 1. The number of hydrogen-bond donors (Lipinski definition) is 0. The number of ether oxygens (including phenoxy) is 2. The maximum Gasteiger partial charge on any atom is 0.227 e.